The lowest BCUT2D eigenvalue weighted by Gasteiger charge is -2.36. The third-order valence-corrected chi connectivity index (χ3v) is 7.71. The third-order valence-electron chi connectivity index (χ3n) is 6.97. The normalized spacial score (nSPS) is 16.8. The molecule has 2 aromatic carbocycles. The Hall–Kier alpha value is -1.89. The molecule has 1 aliphatic carbocycles. The van der Waals surface area contributed by atoms with Crippen LogP contribution in [-0.4, -0.2) is 41.8 Å². The second-order valence-electron chi connectivity index (χ2n) is 10.2. The largest absolute Gasteiger partial charge is 0.436 e. The van der Waals surface area contributed by atoms with E-state index in [1.54, 1.807) is 12.3 Å². The van der Waals surface area contributed by atoms with E-state index < -0.39 is 5.60 Å². The summed E-state index contributed by atoms with van der Waals surface area (Å²) in [6, 6.07) is 15.4. The van der Waals surface area contributed by atoms with Crippen molar-refractivity contribution in [1.82, 2.24) is 4.98 Å². The van der Waals surface area contributed by atoms with Crippen LogP contribution in [0.25, 0.3) is 0 Å². The number of aliphatic hydroxyl groups is 1. The highest BCUT2D eigenvalue weighted by molar-refractivity contribution is 6.42. The summed E-state index contributed by atoms with van der Waals surface area (Å²) in [5.41, 5.74) is 0.636. The minimum absolute atomic E-state index is 0.0995. The van der Waals surface area contributed by atoms with E-state index in [1.807, 2.05) is 42.5 Å². The fourth-order valence-electron chi connectivity index (χ4n) is 4.94. The lowest BCUT2D eigenvalue weighted by atomic mass is 9.73. The summed E-state index contributed by atoms with van der Waals surface area (Å²) in [6.07, 6.45) is 7.18. The fraction of sp³-hybridized carbons (Fsp3) is 0.464. The molecule has 0 radical (unpaired) electrons. The first-order valence-corrected chi connectivity index (χ1v) is 13.1. The molecule has 5 nitrogen and oxygen atoms in total. The molecule has 1 fully saturated rings. The van der Waals surface area contributed by atoms with Gasteiger partial charge in [-0.25, -0.2) is 4.98 Å². The van der Waals surface area contributed by atoms with Crippen molar-refractivity contribution in [3.8, 4) is 0 Å². The molecular formula is C28H35Cl2N2O3+. The molecule has 0 bridgehead atoms. The molecule has 0 aliphatic heterocycles. The molecule has 1 aliphatic rings. The minimum Gasteiger partial charge on any atom is -0.436 e. The van der Waals surface area contributed by atoms with Crippen LogP contribution in [0.5, 0.6) is 0 Å². The Labute approximate surface area is 218 Å². The maximum atomic E-state index is 12.0. The number of hydrogen-bond donors (Lipinski definition) is 1. The molecule has 0 spiro atoms. The molecule has 4 rings (SSSR count). The predicted octanol–water partition coefficient (Wildman–Crippen LogP) is 6.59. The second-order valence-corrected chi connectivity index (χ2v) is 11.0. The summed E-state index contributed by atoms with van der Waals surface area (Å²) in [5.74, 6) is 1.27. The minimum atomic E-state index is -1.21. The quantitative estimate of drug-likeness (QED) is 0.243. The van der Waals surface area contributed by atoms with Crippen LogP contribution in [0.15, 0.2) is 59.1 Å². The van der Waals surface area contributed by atoms with Crippen LogP contribution in [-0.2, 0) is 23.5 Å². The van der Waals surface area contributed by atoms with E-state index in [0.717, 1.165) is 49.1 Å². The van der Waals surface area contributed by atoms with Crippen LogP contribution < -0.4 is 0 Å². The molecule has 7 heteroatoms. The van der Waals surface area contributed by atoms with Gasteiger partial charge in [-0.05, 0) is 36.1 Å². The Bertz CT molecular complexity index is 1100. The number of ether oxygens (including phenoxy) is 1. The van der Waals surface area contributed by atoms with Crippen LogP contribution in [0.2, 0.25) is 10.0 Å². The fourth-order valence-corrected chi connectivity index (χ4v) is 5.26. The van der Waals surface area contributed by atoms with Crippen LogP contribution in [0.3, 0.4) is 0 Å². The molecule has 188 valence electrons. The van der Waals surface area contributed by atoms with Crippen molar-refractivity contribution in [2.24, 2.45) is 5.92 Å². The van der Waals surface area contributed by atoms with Gasteiger partial charge in [-0.3, -0.25) is 0 Å². The van der Waals surface area contributed by atoms with Crippen molar-refractivity contribution in [2.45, 2.75) is 50.9 Å². The van der Waals surface area contributed by atoms with E-state index >= 15 is 0 Å². The van der Waals surface area contributed by atoms with Crippen LogP contribution >= 0.6 is 23.2 Å². The van der Waals surface area contributed by atoms with Crippen molar-refractivity contribution >= 4 is 23.2 Å². The molecule has 1 atom stereocenters. The van der Waals surface area contributed by atoms with E-state index in [-0.39, 0.29) is 5.92 Å². The molecule has 0 saturated heterocycles. The SMILES string of the molecule is C[N+](C)(CCOCc1ccc(Cl)c(Cl)c1)Cc1cnc([C@](O)(c2ccccc2)C2CCCCC2)o1. The maximum absolute atomic E-state index is 12.0. The third kappa shape index (κ3) is 6.46. The smallest absolute Gasteiger partial charge is 0.231 e. The number of hydrogen-bond acceptors (Lipinski definition) is 4. The molecule has 1 heterocycles. The topological polar surface area (TPSA) is 55.5 Å². The summed E-state index contributed by atoms with van der Waals surface area (Å²) in [7, 11) is 4.27. The van der Waals surface area contributed by atoms with Gasteiger partial charge >= 0.3 is 0 Å². The first-order chi connectivity index (χ1) is 16.8. The maximum Gasteiger partial charge on any atom is 0.231 e. The summed E-state index contributed by atoms with van der Waals surface area (Å²) in [5, 5.41) is 13.1. The number of halogens is 2. The standard InChI is InChI=1S/C28H35Cl2N2O3/c1-32(2,15-16-34-20-21-13-14-25(29)26(30)17-21)19-24-18-31-27(35-24)28(33,22-9-5-3-6-10-22)23-11-7-4-8-12-23/h3,5-6,9-10,13-14,17-18,23,33H,4,7-8,11-12,15-16,19-20H2,1-2H3/q+1/t28-/m0/s1. The van der Waals surface area contributed by atoms with E-state index in [4.69, 9.17) is 32.4 Å². The van der Waals surface area contributed by atoms with E-state index in [0.29, 0.717) is 40.2 Å². The number of oxazole rings is 1. The average molecular weight is 519 g/mol. The number of aromatic nitrogens is 1. The highest BCUT2D eigenvalue weighted by Gasteiger charge is 2.44. The summed E-state index contributed by atoms with van der Waals surface area (Å²) < 4.78 is 12.8. The Kier molecular flexibility index (Phi) is 8.56. The van der Waals surface area contributed by atoms with Gasteiger partial charge in [0, 0.05) is 5.92 Å². The second kappa shape index (κ2) is 11.4. The van der Waals surface area contributed by atoms with Crippen molar-refractivity contribution in [3.63, 3.8) is 0 Å². The van der Waals surface area contributed by atoms with Gasteiger partial charge < -0.3 is 18.7 Å². The van der Waals surface area contributed by atoms with Gasteiger partial charge in [0.15, 0.2) is 11.4 Å². The lowest BCUT2D eigenvalue weighted by Crippen LogP contribution is -2.41. The molecule has 35 heavy (non-hydrogen) atoms. The van der Waals surface area contributed by atoms with Gasteiger partial charge in [-0.2, -0.15) is 0 Å². The monoisotopic (exact) mass is 517 g/mol. The van der Waals surface area contributed by atoms with E-state index in [1.165, 1.54) is 6.42 Å². The summed E-state index contributed by atoms with van der Waals surface area (Å²) >= 11 is 12.1. The van der Waals surface area contributed by atoms with Crippen LogP contribution in [0.1, 0.15) is 54.9 Å². The number of likely N-dealkylation sites (N-methyl/N-ethyl adjacent to an activating group) is 1. The van der Waals surface area contributed by atoms with Gasteiger partial charge in [0.25, 0.3) is 0 Å². The molecule has 1 N–H and O–H groups in total. The Morgan fingerprint density at radius 3 is 2.51 bits per heavy atom. The zero-order chi connectivity index (χ0) is 24.9. The Morgan fingerprint density at radius 2 is 1.80 bits per heavy atom. The molecular weight excluding hydrogens is 483 g/mol. The average Bonchev–Trinajstić information content (AvgIpc) is 3.33. The predicted molar refractivity (Wildman–Crippen MR) is 139 cm³/mol. The Morgan fingerprint density at radius 1 is 1.06 bits per heavy atom. The molecule has 3 aromatic rings. The first-order valence-electron chi connectivity index (χ1n) is 12.3. The number of benzene rings is 2. The van der Waals surface area contributed by atoms with Gasteiger partial charge in [0.2, 0.25) is 5.89 Å². The highest BCUT2D eigenvalue weighted by atomic mass is 35.5. The van der Waals surface area contributed by atoms with Gasteiger partial charge in [0.05, 0.1) is 43.6 Å². The number of rotatable bonds is 10. The first kappa shape index (κ1) is 26.2. The van der Waals surface area contributed by atoms with Crippen molar-refractivity contribution in [2.75, 3.05) is 27.2 Å². The van der Waals surface area contributed by atoms with Gasteiger partial charge in [-0.15, -0.1) is 0 Å². The van der Waals surface area contributed by atoms with Crippen molar-refractivity contribution in [3.05, 3.63) is 87.6 Å². The lowest BCUT2D eigenvalue weighted by molar-refractivity contribution is -0.905. The molecule has 0 amide bonds. The van der Waals surface area contributed by atoms with Crippen LogP contribution in [0, 0.1) is 5.92 Å². The zero-order valence-corrected chi connectivity index (χ0v) is 22.1. The van der Waals surface area contributed by atoms with E-state index in [9.17, 15) is 5.11 Å². The van der Waals surface area contributed by atoms with Crippen molar-refractivity contribution < 1.29 is 18.7 Å². The number of quaternary nitrogens is 1. The molecule has 1 aromatic heterocycles. The van der Waals surface area contributed by atoms with E-state index in [2.05, 4.69) is 19.1 Å². The Balaban J connectivity index is 1.40. The van der Waals surface area contributed by atoms with Crippen molar-refractivity contribution in [1.29, 1.82) is 0 Å². The zero-order valence-electron chi connectivity index (χ0n) is 20.6. The summed E-state index contributed by atoms with van der Waals surface area (Å²) in [6.45, 7) is 2.51. The number of nitrogens with zero attached hydrogens (tertiary/aromatic N) is 2. The highest BCUT2D eigenvalue weighted by Crippen LogP contribution is 2.43. The molecule has 1 saturated carbocycles. The van der Waals surface area contributed by atoms with Gasteiger partial charge in [0.1, 0.15) is 13.1 Å². The summed E-state index contributed by atoms with van der Waals surface area (Å²) in [4.78, 5) is 4.59. The van der Waals surface area contributed by atoms with Gasteiger partial charge in [-0.1, -0.05) is 78.9 Å². The molecule has 0 unspecified atom stereocenters. The van der Waals surface area contributed by atoms with Crippen LogP contribution in [0.4, 0.5) is 0 Å².